The van der Waals surface area contributed by atoms with Crippen LogP contribution < -0.4 is 21.7 Å². The van der Waals surface area contributed by atoms with Crippen LogP contribution in [0.1, 0.15) is 24.8 Å². The molecule has 1 aromatic rings. The summed E-state index contributed by atoms with van der Waals surface area (Å²) in [5.41, 5.74) is 6.20. The average molecular weight is 559 g/mol. The van der Waals surface area contributed by atoms with Crippen molar-refractivity contribution in [1.29, 1.82) is 0 Å². The number of nitrogens with one attached hydrogen (secondary N) is 3. The molecule has 0 spiro atoms. The van der Waals surface area contributed by atoms with Gasteiger partial charge in [-0.25, -0.2) is 4.79 Å². The maximum Gasteiger partial charge on any atom is 0.326 e. The fraction of sp³-hybridized carbons (Fsp3) is 0.522. The van der Waals surface area contributed by atoms with E-state index in [9.17, 15) is 34.2 Å². The van der Waals surface area contributed by atoms with Gasteiger partial charge >= 0.3 is 11.9 Å². The Labute approximate surface area is 223 Å². The number of benzene rings is 1. The van der Waals surface area contributed by atoms with E-state index < -0.39 is 60.2 Å². The van der Waals surface area contributed by atoms with Crippen molar-refractivity contribution in [2.75, 3.05) is 24.0 Å². The zero-order valence-corrected chi connectivity index (χ0v) is 22.3. The second kappa shape index (κ2) is 16.7. The molecule has 206 valence electrons. The van der Waals surface area contributed by atoms with Crippen LogP contribution in [0.25, 0.3) is 0 Å². The van der Waals surface area contributed by atoms with E-state index in [4.69, 9.17) is 10.8 Å². The molecule has 0 aromatic heterocycles. The van der Waals surface area contributed by atoms with Crippen molar-refractivity contribution in [1.82, 2.24) is 16.0 Å². The van der Waals surface area contributed by atoms with E-state index in [0.717, 1.165) is 0 Å². The molecule has 1 aromatic carbocycles. The molecule has 0 aliphatic rings. The molecule has 4 unspecified atom stereocenters. The lowest BCUT2D eigenvalue weighted by Gasteiger charge is -2.25. The van der Waals surface area contributed by atoms with Crippen molar-refractivity contribution in [3.8, 4) is 5.75 Å². The summed E-state index contributed by atoms with van der Waals surface area (Å²) in [5, 5.41) is 35.4. The van der Waals surface area contributed by atoms with Crippen LogP contribution in [0.2, 0.25) is 0 Å². The number of carbonyl (C=O) groups excluding carboxylic acids is 3. The van der Waals surface area contributed by atoms with Gasteiger partial charge in [0.15, 0.2) is 0 Å². The van der Waals surface area contributed by atoms with Crippen LogP contribution in [0.15, 0.2) is 24.3 Å². The molecule has 37 heavy (non-hydrogen) atoms. The van der Waals surface area contributed by atoms with Crippen LogP contribution in [0.4, 0.5) is 0 Å². The number of rotatable bonds is 17. The minimum atomic E-state index is -1.37. The minimum Gasteiger partial charge on any atom is -0.508 e. The third-order valence-electron chi connectivity index (χ3n) is 5.21. The number of amides is 3. The molecule has 0 aliphatic heterocycles. The molecule has 0 saturated heterocycles. The Hall–Kier alpha value is -2.97. The first kappa shape index (κ1) is 32.1. The predicted molar refractivity (Wildman–Crippen MR) is 141 cm³/mol. The van der Waals surface area contributed by atoms with Crippen LogP contribution in [-0.2, 0) is 30.4 Å². The third kappa shape index (κ3) is 12.2. The molecule has 4 atom stereocenters. The third-order valence-corrected chi connectivity index (χ3v) is 6.50. The summed E-state index contributed by atoms with van der Waals surface area (Å²) >= 11 is 2.84. The molecule has 0 saturated carbocycles. The molecule has 12 nitrogen and oxygen atoms in total. The lowest BCUT2D eigenvalue weighted by molar-refractivity contribution is -0.142. The van der Waals surface area contributed by atoms with E-state index in [0.29, 0.717) is 17.1 Å². The lowest BCUT2D eigenvalue weighted by Crippen LogP contribution is -2.57. The second-order valence-electron chi connectivity index (χ2n) is 8.16. The lowest BCUT2D eigenvalue weighted by atomic mass is 10.0. The SMILES string of the molecule is CSCCC(NC(=O)C(Cc1ccc(O)cc1)NC(=O)C(CCSC)NC(=O)C(N)CC(=O)O)C(=O)O. The molecule has 3 amide bonds. The van der Waals surface area contributed by atoms with Gasteiger partial charge in [-0.15, -0.1) is 0 Å². The first-order valence-corrected chi connectivity index (χ1v) is 14.1. The van der Waals surface area contributed by atoms with Crippen molar-refractivity contribution in [3.05, 3.63) is 29.8 Å². The Morgan fingerprint density at radius 2 is 1.30 bits per heavy atom. The topological polar surface area (TPSA) is 208 Å². The number of thioether (sulfide) groups is 2. The van der Waals surface area contributed by atoms with Crippen molar-refractivity contribution in [2.45, 2.75) is 49.9 Å². The summed E-state index contributed by atoms with van der Waals surface area (Å²) in [6.45, 7) is 0. The monoisotopic (exact) mass is 558 g/mol. The van der Waals surface area contributed by atoms with Gasteiger partial charge in [0.05, 0.1) is 12.5 Å². The van der Waals surface area contributed by atoms with Crippen LogP contribution in [-0.4, -0.2) is 93.2 Å². The number of hydrogen-bond donors (Lipinski definition) is 7. The molecule has 0 aliphatic carbocycles. The number of hydrogen-bond acceptors (Lipinski definition) is 9. The van der Waals surface area contributed by atoms with Crippen LogP contribution in [0, 0.1) is 0 Å². The van der Waals surface area contributed by atoms with E-state index in [1.165, 1.54) is 35.7 Å². The van der Waals surface area contributed by atoms with E-state index in [-0.39, 0.29) is 25.0 Å². The maximum absolute atomic E-state index is 13.1. The number of phenols is 1. The largest absolute Gasteiger partial charge is 0.508 e. The summed E-state index contributed by atoms with van der Waals surface area (Å²) in [6, 6.07) is 1.10. The van der Waals surface area contributed by atoms with E-state index in [1.54, 1.807) is 24.6 Å². The van der Waals surface area contributed by atoms with Crippen molar-refractivity contribution < 1.29 is 39.3 Å². The molecular weight excluding hydrogens is 524 g/mol. The number of carboxylic acid groups (broad SMARTS) is 2. The van der Waals surface area contributed by atoms with Crippen molar-refractivity contribution in [3.63, 3.8) is 0 Å². The van der Waals surface area contributed by atoms with Gasteiger partial charge in [-0.2, -0.15) is 23.5 Å². The highest BCUT2D eigenvalue weighted by atomic mass is 32.2. The first-order chi connectivity index (χ1) is 17.5. The minimum absolute atomic E-state index is 0.00864. The van der Waals surface area contributed by atoms with E-state index in [2.05, 4.69) is 16.0 Å². The fourth-order valence-electron chi connectivity index (χ4n) is 3.18. The Morgan fingerprint density at radius 1 is 0.811 bits per heavy atom. The van der Waals surface area contributed by atoms with Gasteiger partial charge in [0.1, 0.15) is 23.9 Å². The fourth-order valence-corrected chi connectivity index (χ4v) is 4.12. The highest BCUT2D eigenvalue weighted by Crippen LogP contribution is 2.13. The molecule has 0 bridgehead atoms. The normalized spacial score (nSPS) is 14.0. The number of nitrogens with two attached hydrogens (primary N) is 1. The second-order valence-corrected chi connectivity index (χ2v) is 10.1. The summed E-state index contributed by atoms with van der Waals surface area (Å²) in [4.78, 5) is 61.1. The summed E-state index contributed by atoms with van der Waals surface area (Å²) in [7, 11) is 0. The molecule has 0 fully saturated rings. The smallest absolute Gasteiger partial charge is 0.326 e. The number of carboxylic acids is 2. The van der Waals surface area contributed by atoms with Crippen LogP contribution in [0.3, 0.4) is 0 Å². The number of aromatic hydroxyl groups is 1. The zero-order valence-electron chi connectivity index (χ0n) is 20.6. The summed E-state index contributed by atoms with van der Waals surface area (Å²) in [6.07, 6.45) is 3.32. The number of carbonyl (C=O) groups is 5. The van der Waals surface area contributed by atoms with Crippen molar-refractivity contribution >= 4 is 53.2 Å². The van der Waals surface area contributed by atoms with Gasteiger partial charge in [-0.05, 0) is 54.6 Å². The van der Waals surface area contributed by atoms with Gasteiger partial charge in [0.25, 0.3) is 0 Å². The van der Waals surface area contributed by atoms with Gasteiger partial charge < -0.3 is 37.0 Å². The Kier molecular flexibility index (Phi) is 14.5. The zero-order chi connectivity index (χ0) is 28.0. The Morgan fingerprint density at radius 3 is 1.81 bits per heavy atom. The van der Waals surface area contributed by atoms with Gasteiger partial charge in [0.2, 0.25) is 17.7 Å². The first-order valence-electron chi connectivity index (χ1n) is 11.4. The molecule has 0 heterocycles. The van der Waals surface area contributed by atoms with Crippen molar-refractivity contribution in [2.24, 2.45) is 5.73 Å². The van der Waals surface area contributed by atoms with E-state index >= 15 is 0 Å². The van der Waals surface area contributed by atoms with Gasteiger partial charge in [-0.3, -0.25) is 19.2 Å². The summed E-state index contributed by atoms with van der Waals surface area (Å²) in [5.74, 6) is -3.78. The Balaban J connectivity index is 3.12. The van der Waals surface area contributed by atoms with Crippen LogP contribution in [0.5, 0.6) is 5.75 Å². The average Bonchev–Trinajstić information content (AvgIpc) is 2.84. The van der Waals surface area contributed by atoms with Gasteiger partial charge in [0, 0.05) is 6.42 Å². The van der Waals surface area contributed by atoms with Crippen LogP contribution >= 0.6 is 23.5 Å². The Bertz CT molecular complexity index is 932. The molecule has 8 N–H and O–H groups in total. The number of phenolic OH excluding ortho intramolecular Hbond substituents is 1. The standard InChI is InChI=1S/C23H34N4O8S2/c1-36-9-7-16(25-20(31)15(24)12-19(29)30)21(32)27-18(11-13-3-5-14(28)6-4-13)22(33)26-17(23(34)35)8-10-37-2/h3-6,15-18,28H,7-12,24H2,1-2H3,(H,25,31)(H,26,33)(H,27,32)(H,29,30)(H,34,35). The highest BCUT2D eigenvalue weighted by Gasteiger charge is 2.30. The van der Waals surface area contributed by atoms with Gasteiger partial charge in [-0.1, -0.05) is 12.1 Å². The summed E-state index contributed by atoms with van der Waals surface area (Å²) < 4.78 is 0. The maximum atomic E-state index is 13.1. The molecule has 1 rings (SSSR count). The predicted octanol–water partition coefficient (Wildman–Crippen LogP) is -0.218. The molecule has 14 heteroatoms. The number of aliphatic carboxylic acids is 2. The quantitative estimate of drug-likeness (QED) is 0.133. The molecular formula is C23H34N4O8S2. The molecule has 0 radical (unpaired) electrons. The highest BCUT2D eigenvalue weighted by molar-refractivity contribution is 7.98. The van der Waals surface area contributed by atoms with E-state index in [1.807, 2.05) is 0 Å².